The van der Waals surface area contributed by atoms with Crippen molar-refractivity contribution in [1.29, 1.82) is 0 Å². The van der Waals surface area contributed by atoms with E-state index >= 15 is 0 Å². The predicted octanol–water partition coefficient (Wildman–Crippen LogP) is 5.88. The molecule has 1 aromatic rings. The number of hydrogen-bond donors (Lipinski definition) is 1. The minimum absolute atomic E-state index is 0.111. The van der Waals surface area contributed by atoms with E-state index in [9.17, 15) is 27.2 Å². The van der Waals surface area contributed by atoms with Gasteiger partial charge in [0, 0.05) is 24.3 Å². The Labute approximate surface area is 161 Å². The van der Waals surface area contributed by atoms with Crippen molar-refractivity contribution in [1.82, 2.24) is 0 Å². The molecule has 2 unspecified atom stereocenters. The standard InChI is InChI=1S/C21H24F4O3/c22-18-11-10-16(21(23,24)25)13-15(18)8-7-14-9-12-19(26)17(14)5-3-1-2-4-6-20(27)28/h7-8,10-11,13-14,17H,1-6,9,12H2,(H,27,28). The van der Waals surface area contributed by atoms with Gasteiger partial charge in [0.25, 0.3) is 0 Å². The summed E-state index contributed by atoms with van der Waals surface area (Å²) in [4.78, 5) is 22.6. The molecule has 1 aliphatic rings. The van der Waals surface area contributed by atoms with E-state index in [1.165, 1.54) is 6.08 Å². The van der Waals surface area contributed by atoms with Crippen LogP contribution in [-0.2, 0) is 15.8 Å². The molecule has 1 aliphatic carbocycles. The lowest BCUT2D eigenvalue weighted by atomic mass is 9.89. The van der Waals surface area contributed by atoms with Crippen molar-refractivity contribution in [2.24, 2.45) is 11.8 Å². The van der Waals surface area contributed by atoms with E-state index in [4.69, 9.17) is 5.11 Å². The van der Waals surface area contributed by atoms with Crippen molar-refractivity contribution >= 4 is 17.8 Å². The molecular formula is C21H24F4O3. The SMILES string of the molecule is O=C(O)CCCCCCC1C(=O)CCC1C=Cc1cc(C(F)(F)F)ccc1F. The molecule has 0 amide bonds. The number of aliphatic carboxylic acids is 1. The number of alkyl halides is 3. The quantitative estimate of drug-likeness (QED) is 0.416. The fraction of sp³-hybridized carbons (Fsp3) is 0.524. The van der Waals surface area contributed by atoms with Gasteiger partial charge in [-0.25, -0.2) is 4.39 Å². The molecule has 2 atom stereocenters. The highest BCUT2D eigenvalue weighted by Crippen LogP contribution is 2.35. The third kappa shape index (κ3) is 6.46. The zero-order valence-corrected chi connectivity index (χ0v) is 15.5. The van der Waals surface area contributed by atoms with Crippen LogP contribution in [0.4, 0.5) is 17.6 Å². The van der Waals surface area contributed by atoms with E-state index in [0.717, 1.165) is 31.4 Å². The second kappa shape index (κ2) is 9.85. The van der Waals surface area contributed by atoms with Crippen LogP contribution >= 0.6 is 0 Å². The van der Waals surface area contributed by atoms with Crippen molar-refractivity contribution < 1.29 is 32.3 Å². The van der Waals surface area contributed by atoms with Gasteiger partial charge in [-0.05, 0) is 43.4 Å². The summed E-state index contributed by atoms with van der Waals surface area (Å²) in [5.74, 6) is -1.74. The second-order valence-corrected chi connectivity index (χ2v) is 7.22. The maximum Gasteiger partial charge on any atom is 0.416 e. The van der Waals surface area contributed by atoms with Gasteiger partial charge in [0.05, 0.1) is 5.56 Å². The largest absolute Gasteiger partial charge is 0.481 e. The first-order valence-electron chi connectivity index (χ1n) is 9.48. The molecule has 1 saturated carbocycles. The van der Waals surface area contributed by atoms with E-state index in [1.54, 1.807) is 6.08 Å². The van der Waals surface area contributed by atoms with Crippen LogP contribution in [0, 0.1) is 17.7 Å². The molecule has 28 heavy (non-hydrogen) atoms. The molecule has 1 aromatic carbocycles. The first kappa shape index (κ1) is 22.1. The molecule has 1 N–H and O–H groups in total. The van der Waals surface area contributed by atoms with Gasteiger partial charge in [-0.1, -0.05) is 31.4 Å². The van der Waals surface area contributed by atoms with Gasteiger partial charge < -0.3 is 5.11 Å². The van der Waals surface area contributed by atoms with E-state index in [2.05, 4.69) is 0 Å². The topological polar surface area (TPSA) is 54.4 Å². The predicted molar refractivity (Wildman–Crippen MR) is 97.0 cm³/mol. The number of carboxylic acids is 1. The van der Waals surface area contributed by atoms with Gasteiger partial charge in [0.2, 0.25) is 0 Å². The van der Waals surface area contributed by atoms with Gasteiger partial charge in [-0.3, -0.25) is 9.59 Å². The molecule has 7 heteroatoms. The number of allylic oxidation sites excluding steroid dienone is 1. The zero-order chi connectivity index (χ0) is 20.7. The lowest BCUT2D eigenvalue weighted by Crippen LogP contribution is -2.13. The summed E-state index contributed by atoms with van der Waals surface area (Å²) in [7, 11) is 0. The van der Waals surface area contributed by atoms with Crippen molar-refractivity contribution in [2.45, 2.75) is 57.5 Å². The highest BCUT2D eigenvalue weighted by atomic mass is 19.4. The summed E-state index contributed by atoms with van der Waals surface area (Å²) in [5.41, 5.74) is -1.05. The second-order valence-electron chi connectivity index (χ2n) is 7.22. The maximum atomic E-state index is 13.9. The van der Waals surface area contributed by atoms with Crippen molar-refractivity contribution in [2.75, 3.05) is 0 Å². The minimum Gasteiger partial charge on any atom is -0.481 e. The van der Waals surface area contributed by atoms with E-state index in [0.29, 0.717) is 31.7 Å². The number of carboxylic acid groups (broad SMARTS) is 1. The molecule has 1 fully saturated rings. The number of carbonyl (C=O) groups excluding carboxylic acids is 1. The normalized spacial score (nSPS) is 20.2. The molecule has 154 valence electrons. The zero-order valence-electron chi connectivity index (χ0n) is 15.5. The third-order valence-electron chi connectivity index (χ3n) is 5.16. The number of benzene rings is 1. The molecule has 0 aromatic heterocycles. The Balaban J connectivity index is 1.94. The summed E-state index contributed by atoms with van der Waals surface area (Å²) in [6.07, 6.45) is 3.28. The number of halogens is 4. The molecule has 0 radical (unpaired) electrons. The van der Waals surface area contributed by atoms with Crippen LogP contribution in [0.2, 0.25) is 0 Å². The van der Waals surface area contributed by atoms with Crippen LogP contribution in [0.15, 0.2) is 24.3 Å². The summed E-state index contributed by atoms with van der Waals surface area (Å²) >= 11 is 0. The lowest BCUT2D eigenvalue weighted by Gasteiger charge is -2.15. The molecular weight excluding hydrogens is 376 g/mol. The monoisotopic (exact) mass is 400 g/mol. The number of carbonyl (C=O) groups is 2. The fourth-order valence-electron chi connectivity index (χ4n) is 3.61. The first-order chi connectivity index (χ1) is 13.2. The number of Topliss-reactive ketones (excluding diaryl/α,β-unsaturated/α-hetero) is 1. The van der Waals surface area contributed by atoms with Gasteiger partial charge in [0.1, 0.15) is 11.6 Å². The molecule has 0 bridgehead atoms. The molecule has 0 spiro atoms. The van der Waals surface area contributed by atoms with E-state index < -0.39 is 23.5 Å². The average Bonchev–Trinajstić information content (AvgIpc) is 2.96. The summed E-state index contributed by atoms with van der Waals surface area (Å²) in [6.45, 7) is 0. The fourth-order valence-corrected chi connectivity index (χ4v) is 3.61. The first-order valence-corrected chi connectivity index (χ1v) is 9.48. The molecule has 0 aliphatic heterocycles. The van der Waals surface area contributed by atoms with Gasteiger partial charge in [-0.15, -0.1) is 0 Å². The number of rotatable bonds is 9. The Hall–Kier alpha value is -2.18. The number of ketones is 1. The number of unbranched alkanes of at least 4 members (excludes halogenated alkanes) is 3. The average molecular weight is 400 g/mol. The van der Waals surface area contributed by atoms with Crippen molar-refractivity contribution in [3.05, 3.63) is 41.2 Å². The van der Waals surface area contributed by atoms with Gasteiger partial charge in [-0.2, -0.15) is 13.2 Å². The Bertz CT molecular complexity index is 725. The number of hydrogen-bond acceptors (Lipinski definition) is 2. The van der Waals surface area contributed by atoms with Crippen LogP contribution in [0.25, 0.3) is 6.08 Å². The van der Waals surface area contributed by atoms with Crippen LogP contribution in [0.3, 0.4) is 0 Å². The van der Waals surface area contributed by atoms with Crippen LogP contribution < -0.4 is 0 Å². The maximum absolute atomic E-state index is 13.9. The molecule has 3 nitrogen and oxygen atoms in total. The van der Waals surface area contributed by atoms with Crippen LogP contribution in [-0.4, -0.2) is 16.9 Å². The summed E-state index contributed by atoms with van der Waals surface area (Å²) in [6, 6.07) is 2.29. The van der Waals surface area contributed by atoms with Gasteiger partial charge >= 0.3 is 12.1 Å². The van der Waals surface area contributed by atoms with E-state index in [-0.39, 0.29) is 29.6 Å². The molecule has 2 rings (SSSR count). The Morgan fingerprint density at radius 3 is 2.57 bits per heavy atom. The summed E-state index contributed by atoms with van der Waals surface area (Å²) < 4.78 is 52.3. The van der Waals surface area contributed by atoms with Crippen molar-refractivity contribution in [3.63, 3.8) is 0 Å². The Morgan fingerprint density at radius 2 is 1.89 bits per heavy atom. The Morgan fingerprint density at radius 1 is 1.18 bits per heavy atom. The third-order valence-corrected chi connectivity index (χ3v) is 5.16. The highest BCUT2D eigenvalue weighted by Gasteiger charge is 2.33. The Kier molecular flexibility index (Phi) is 7.78. The van der Waals surface area contributed by atoms with Crippen LogP contribution in [0.1, 0.15) is 62.5 Å². The lowest BCUT2D eigenvalue weighted by molar-refractivity contribution is -0.138. The summed E-state index contributed by atoms with van der Waals surface area (Å²) in [5, 5.41) is 8.60. The molecule has 0 saturated heterocycles. The smallest absolute Gasteiger partial charge is 0.416 e. The van der Waals surface area contributed by atoms with Crippen LogP contribution in [0.5, 0.6) is 0 Å². The van der Waals surface area contributed by atoms with Crippen molar-refractivity contribution in [3.8, 4) is 0 Å². The molecule has 0 heterocycles. The van der Waals surface area contributed by atoms with E-state index in [1.807, 2.05) is 0 Å². The minimum atomic E-state index is -4.54. The van der Waals surface area contributed by atoms with Gasteiger partial charge in [0.15, 0.2) is 0 Å². The highest BCUT2D eigenvalue weighted by molar-refractivity contribution is 5.84.